The largest absolute Gasteiger partial charge is 0.465 e. The summed E-state index contributed by atoms with van der Waals surface area (Å²) in [6.45, 7) is 13.7. The molecule has 3 unspecified atom stereocenters. The smallest absolute Gasteiger partial charge is 0.407 e. The van der Waals surface area contributed by atoms with E-state index in [9.17, 15) is 19.2 Å². The Labute approximate surface area is 265 Å². The number of ether oxygens (including phenoxy) is 3. The maximum atomic E-state index is 13.7. The van der Waals surface area contributed by atoms with E-state index in [1.54, 1.807) is 55.7 Å². The van der Waals surface area contributed by atoms with Crippen LogP contribution in [0, 0.1) is 0 Å². The molecule has 1 fully saturated rings. The van der Waals surface area contributed by atoms with E-state index in [0.29, 0.717) is 25.3 Å². The second kappa shape index (κ2) is 17.9. The fourth-order valence-corrected chi connectivity index (χ4v) is 6.81. The minimum atomic E-state index is -0.658. The van der Waals surface area contributed by atoms with Gasteiger partial charge in [-0.15, -0.1) is 23.1 Å². The van der Waals surface area contributed by atoms with Gasteiger partial charge in [0, 0.05) is 23.7 Å². The van der Waals surface area contributed by atoms with Crippen LogP contribution in [-0.4, -0.2) is 84.1 Å². The predicted molar refractivity (Wildman–Crippen MR) is 171 cm³/mol. The number of carbonyl (C=O) groups is 4. The van der Waals surface area contributed by atoms with Gasteiger partial charge in [-0.2, -0.15) is 0 Å². The fourth-order valence-electron chi connectivity index (χ4n) is 4.55. The summed E-state index contributed by atoms with van der Waals surface area (Å²) in [7, 11) is 0. The predicted octanol–water partition coefficient (Wildman–Crippen LogP) is 5.46. The molecule has 1 aromatic heterocycles. The number of thioether (sulfide) groups is 1. The van der Waals surface area contributed by atoms with E-state index in [0.717, 1.165) is 37.0 Å². The number of nitrogens with zero attached hydrogens (tertiary/aromatic N) is 1. The number of nitrogens with one attached hydrogen (secondary N) is 2. The zero-order chi connectivity index (χ0) is 32.0. The van der Waals surface area contributed by atoms with Gasteiger partial charge in [0.2, 0.25) is 5.91 Å². The molecule has 2 rings (SSSR count). The van der Waals surface area contributed by atoms with Crippen molar-refractivity contribution < 1.29 is 33.4 Å². The number of thiophene rings is 1. The number of unbranched alkanes of at least 4 members (excludes halogenated alkanes) is 4. The van der Waals surface area contributed by atoms with E-state index >= 15 is 0 Å². The lowest BCUT2D eigenvalue weighted by Gasteiger charge is -2.28. The van der Waals surface area contributed by atoms with Gasteiger partial charge in [-0.25, -0.2) is 4.79 Å². The molecule has 1 aliphatic rings. The first-order valence-corrected chi connectivity index (χ1v) is 17.2. The van der Waals surface area contributed by atoms with Crippen LogP contribution in [0.5, 0.6) is 0 Å². The van der Waals surface area contributed by atoms with Crippen molar-refractivity contribution in [3.63, 3.8) is 0 Å². The molecule has 1 saturated heterocycles. The number of hydrogen-bond donors (Lipinski definition) is 2. The first-order chi connectivity index (χ1) is 20.2. The van der Waals surface area contributed by atoms with Gasteiger partial charge in [-0.1, -0.05) is 31.7 Å². The highest BCUT2D eigenvalue weighted by molar-refractivity contribution is 7.99. The molecule has 0 spiro atoms. The van der Waals surface area contributed by atoms with Crippen molar-refractivity contribution >= 4 is 47.0 Å². The van der Waals surface area contributed by atoms with Gasteiger partial charge in [0.05, 0.1) is 17.9 Å². The minimum Gasteiger partial charge on any atom is -0.465 e. The molecule has 0 bridgehead atoms. The van der Waals surface area contributed by atoms with E-state index in [4.69, 9.17) is 14.2 Å². The van der Waals surface area contributed by atoms with Crippen molar-refractivity contribution in [3.8, 4) is 0 Å². The van der Waals surface area contributed by atoms with Gasteiger partial charge < -0.3 is 24.4 Å². The maximum absolute atomic E-state index is 13.7. The lowest BCUT2D eigenvalue weighted by molar-refractivity contribution is -0.159. The summed E-state index contributed by atoms with van der Waals surface area (Å²) in [5.41, 5.74) is -1.18. The third-order valence-corrected chi connectivity index (χ3v) is 8.84. The Bertz CT molecular complexity index is 1020. The summed E-state index contributed by atoms with van der Waals surface area (Å²) >= 11 is 3.28. The van der Waals surface area contributed by atoms with E-state index < -0.39 is 35.3 Å². The summed E-state index contributed by atoms with van der Waals surface area (Å²) in [6.07, 6.45) is 4.54. The molecule has 2 heterocycles. The van der Waals surface area contributed by atoms with Crippen molar-refractivity contribution in [2.24, 2.45) is 0 Å². The Hall–Kier alpha value is -2.31. The average molecular weight is 642 g/mol. The monoisotopic (exact) mass is 641 g/mol. The number of amides is 2. The van der Waals surface area contributed by atoms with E-state index in [1.807, 2.05) is 38.3 Å². The van der Waals surface area contributed by atoms with E-state index in [2.05, 4.69) is 10.6 Å². The van der Waals surface area contributed by atoms with Gasteiger partial charge in [-0.3, -0.25) is 19.7 Å². The van der Waals surface area contributed by atoms with Crippen LogP contribution < -0.4 is 10.6 Å². The van der Waals surface area contributed by atoms with Crippen LogP contribution >= 0.6 is 23.1 Å². The molecule has 12 heteroatoms. The maximum Gasteiger partial charge on any atom is 0.407 e. The summed E-state index contributed by atoms with van der Waals surface area (Å²) < 4.78 is 16.1. The molecule has 1 aliphatic heterocycles. The number of hydrogen-bond acceptors (Lipinski definition) is 10. The number of rotatable bonds is 15. The number of carbonyl (C=O) groups excluding carboxylic acids is 4. The standard InChI is InChI=1S/C31H51N3O7S2/c1-8-39-28(37)22(15-12-10-9-11-13-17-32-29(38)41-31(5,6)7)33-23-21-43-25(24-16-14-18-42-24)19-34(27(23)36)20-26(35)40-30(2,3)4/h14,16,18,22-23,25,33H,8-13,15,17,19-21H2,1-7H3,(H,32,38). The molecular weight excluding hydrogens is 590 g/mol. The molecule has 43 heavy (non-hydrogen) atoms. The summed E-state index contributed by atoms with van der Waals surface area (Å²) in [6, 6.07) is 2.74. The first kappa shape index (κ1) is 36.9. The SMILES string of the molecule is CCOC(=O)C(CCCCCCCNC(=O)OC(C)(C)C)NC1CSC(c2cccs2)CN(CC(=O)OC(C)(C)C)C1=O. The minimum absolute atomic E-state index is 0.0176. The fraction of sp³-hybridized carbons (Fsp3) is 0.742. The van der Waals surface area contributed by atoms with Crippen molar-refractivity contribution in [2.45, 2.75) is 116 Å². The quantitative estimate of drug-likeness (QED) is 0.146. The second-order valence-corrected chi connectivity index (χ2v) is 14.9. The van der Waals surface area contributed by atoms with Crippen LogP contribution in [0.4, 0.5) is 4.79 Å². The lowest BCUT2D eigenvalue weighted by Crippen LogP contribution is -2.54. The summed E-state index contributed by atoms with van der Waals surface area (Å²) in [5.74, 6) is -0.587. The van der Waals surface area contributed by atoms with Crippen LogP contribution in [0.3, 0.4) is 0 Å². The second-order valence-electron chi connectivity index (χ2n) is 12.7. The highest BCUT2D eigenvalue weighted by Gasteiger charge is 2.36. The molecule has 0 aromatic carbocycles. The van der Waals surface area contributed by atoms with Crippen molar-refractivity contribution in [1.29, 1.82) is 0 Å². The van der Waals surface area contributed by atoms with E-state index in [1.165, 1.54) is 0 Å². The topological polar surface area (TPSA) is 123 Å². The molecule has 10 nitrogen and oxygen atoms in total. The molecule has 0 aliphatic carbocycles. The Balaban J connectivity index is 1.96. The lowest BCUT2D eigenvalue weighted by atomic mass is 10.0. The molecule has 244 valence electrons. The highest BCUT2D eigenvalue weighted by Crippen LogP contribution is 2.36. The highest BCUT2D eigenvalue weighted by atomic mass is 32.2. The molecule has 3 atom stereocenters. The zero-order valence-corrected chi connectivity index (χ0v) is 28.5. The van der Waals surface area contributed by atoms with Crippen molar-refractivity contribution in [2.75, 3.05) is 32.0 Å². The van der Waals surface area contributed by atoms with Crippen LogP contribution in [0.15, 0.2) is 17.5 Å². The molecule has 1 aromatic rings. The molecule has 0 saturated carbocycles. The molecule has 2 N–H and O–H groups in total. The summed E-state index contributed by atoms with van der Waals surface area (Å²) in [4.78, 5) is 53.8. The summed E-state index contributed by atoms with van der Waals surface area (Å²) in [5, 5.41) is 8.09. The van der Waals surface area contributed by atoms with Crippen LogP contribution in [0.1, 0.15) is 97.1 Å². The Morgan fingerprint density at radius 3 is 2.33 bits per heavy atom. The molecule has 2 amide bonds. The molecular formula is C31H51N3O7S2. The number of esters is 2. The normalized spacial score (nSPS) is 18.5. The Morgan fingerprint density at radius 2 is 1.70 bits per heavy atom. The van der Waals surface area contributed by atoms with Gasteiger partial charge >= 0.3 is 18.0 Å². The third kappa shape index (κ3) is 14.8. The molecule has 0 radical (unpaired) electrons. The number of alkyl carbamates (subject to hydrolysis) is 1. The van der Waals surface area contributed by atoms with Gasteiger partial charge in [0.1, 0.15) is 23.8 Å². The third-order valence-electron chi connectivity index (χ3n) is 6.37. The average Bonchev–Trinajstić information content (AvgIpc) is 3.37. The van der Waals surface area contributed by atoms with Crippen molar-refractivity contribution in [1.82, 2.24) is 15.5 Å². The van der Waals surface area contributed by atoms with Gasteiger partial charge in [0.15, 0.2) is 0 Å². The van der Waals surface area contributed by atoms with Crippen LogP contribution in [0.2, 0.25) is 0 Å². The van der Waals surface area contributed by atoms with Crippen LogP contribution in [-0.2, 0) is 28.6 Å². The Kier molecular flexibility index (Phi) is 15.3. The van der Waals surface area contributed by atoms with E-state index in [-0.39, 0.29) is 30.3 Å². The van der Waals surface area contributed by atoms with Gasteiger partial charge in [0.25, 0.3) is 0 Å². The van der Waals surface area contributed by atoms with Crippen LogP contribution in [0.25, 0.3) is 0 Å². The first-order valence-electron chi connectivity index (χ1n) is 15.2. The zero-order valence-electron chi connectivity index (χ0n) is 26.9. The van der Waals surface area contributed by atoms with Gasteiger partial charge in [-0.05, 0) is 72.8 Å². The van der Waals surface area contributed by atoms with Crippen molar-refractivity contribution in [3.05, 3.63) is 22.4 Å². The Morgan fingerprint density at radius 1 is 1.02 bits per heavy atom.